The molecule has 0 aliphatic carbocycles. The summed E-state index contributed by atoms with van der Waals surface area (Å²) < 4.78 is 18.6. The lowest BCUT2D eigenvalue weighted by Gasteiger charge is -2.20. The van der Waals surface area contributed by atoms with Crippen LogP contribution in [0.2, 0.25) is 0 Å². The van der Waals surface area contributed by atoms with E-state index in [-0.39, 0.29) is 5.41 Å². The summed E-state index contributed by atoms with van der Waals surface area (Å²) in [6.07, 6.45) is 0.762. The zero-order valence-corrected chi connectivity index (χ0v) is 16.2. The van der Waals surface area contributed by atoms with E-state index < -0.39 is 7.65 Å². The van der Waals surface area contributed by atoms with E-state index in [9.17, 15) is 4.57 Å². The van der Waals surface area contributed by atoms with Gasteiger partial charge >= 0.3 is 7.65 Å². The minimum absolute atomic E-state index is 0.0229. The molecule has 1 heterocycles. The van der Waals surface area contributed by atoms with E-state index in [0.717, 1.165) is 33.5 Å². The second kappa shape index (κ2) is 6.37. The fourth-order valence-electron chi connectivity index (χ4n) is 3.37. The molecule has 0 spiro atoms. The van der Waals surface area contributed by atoms with Crippen molar-refractivity contribution in [1.29, 1.82) is 0 Å². The molecule has 3 aromatic carbocycles. The molecule has 0 amide bonds. The van der Waals surface area contributed by atoms with Crippen molar-refractivity contribution in [2.45, 2.75) is 32.6 Å². The van der Waals surface area contributed by atoms with Crippen LogP contribution in [-0.4, -0.2) is 0 Å². The second-order valence-corrected chi connectivity index (χ2v) is 8.97. The van der Waals surface area contributed by atoms with Gasteiger partial charge in [-0.25, -0.2) is 4.20 Å². The van der Waals surface area contributed by atoms with Gasteiger partial charge in [0.1, 0.15) is 0 Å². The molecule has 0 saturated heterocycles. The van der Waals surface area contributed by atoms with Crippen molar-refractivity contribution < 1.29 is 8.76 Å². The summed E-state index contributed by atoms with van der Waals surface area (Å²) in [6, 6.07) is 22.6. The Morgan fingerprint density at radius 3 is 2.31 bits per heavy atom. The molecule has 0 N–H and O–H groups in total. The van der Waals surface area contributed by atoms with Crippen molar-refractivity contribution >= 4 is 29.1 Å². The van der Waals surface area contributed by atoms with Crippen LogP contribution in [0.1, 0.15) is 37.5 Å². The van der Waals surface area contributed by atoms with Gasteiger partial charge in [0.25, 0.3) is 0 Å². The highest BCUT2D eigenvalue weighted by Crippen LogP contribution is 2.39. The molecule has 2 nitrogen and oxygen atoms in total. The summed E-state index contributed by atoms with van der Waals surface area (Å²) in [6.45, 7) is 6.66. The van der Waals surface area contributed by atoms with Crippen LogP contribution in [0.15, 0.2) is 70.9 Å². The van der Waals surface area contributed by atoms with Crippen molar-refractivity contribution in [3.63, 3.8) is 0 Å². The van der Waals surface area contributed by atoms with E-state index >= 15 is 0 Å². The quantitative estimate of drug-likeness (QED) is 0.353. The van der Waals surface area contributed by atoms with Crippen LogP contribution in [0.25, 0.3) is 21.5 Å². The minimum atomic E-state index is -1.87. The zero-order valence-electron chi connectivity index (χ0n) is 15.3. The van der Waals surface area contributed by atoms with Gasteiger partial charge in [-0.1, -0.05) is 69.3 Å². The fraction of sp³-hybridized carbons (Fsp3) is 0.217. The summed E-state index contributed by atoms with van der Waals surface area (Å²) in [4.78, 5) is 0. The molecule has 1 atom stereocenters. The van der Waals surface area contributed by atoms with Gasteiger partial charge < -0.3 is 0 Å². The summed E-state index contributed by atoms with van der Waals surface area (Å²) in [5.41, 5.74) is 4.36. The van der Waals surface area contributed by atoms with E-state index in [4.69, 9.17) is 4.20 Å². The Bertz CT molecular complexity index is 1150. The summed E-state index contributed by atoms with van der Waals surface area (Å²) >= 11 is 0. The average Bonchev–Trinajstić information content (AvgIpc) is 2.62. The van der Waals surface area contributed by atoms with Gasteiger partial charge in [0.15, 0.2) is 5.58 Å². The zero-order chi connectivity index (χ0) is 18.3. The molecule has 4 aromatic rings. The summed E-state index contributed by atoms with van der Waals surface area (Å²) in [5, 5.41) is 2.86. The molecule has 4 rings (SSSR count). The minimum Gasteiger partial charge on any atom is -0.249 e. The number of hydrogen-bond donors (Lipinski definition) is 0. The molecule has 0 saturated carbocycles. The Kier molecular flexibility index (Phi) is 4.17. The standard InChI is InChI=1S/C23H22O2P/c1-23(2,3)18-14-17(13-16-9-5-4-6-10-16)22-20(15-18)19-11-7-8-12-21(19)26(24)25-22/h4-12,14-15H,13H2,1-3H3/q+1. The fourth-order valence-corrected chi connectivity index (χ4v) is 4.45. The van der Waals surface area contributed by atoms with Crippen LogP contribution < -0.4 is 0 Å². The Morgan fingerprint density at radius 1 is 0.885 bits per heavy atom. The van der Waals surface area contributed by atoms with Crippen LogP contribution in [0.4, 0.5) is 0 Å². The first kappa shape index (κ1) is 17.0. The number of benzene rings is 3. The first-order valence-electron chi connectivity index (χ1n) is 8.89. The van der Waals surface area contributed by atoms with E-state index in [1.807, 2.05) is 42.5 Å². The predicted molar refractivity (Wildman–Crippen MR) is 109 cm³/mol. The molecule has 0 aliphatic heterocycles. The third-order valence-corrected chi connectivity index (χ3v) is 5.97. The van der Waals surface area contributed by atoms with Crippen LogP contribution in [0.5, 0.6) is 0 Å². The topological polar surface area (TPSA) is 30.2 Å². The molecule has 0 aliphatic rings. The highest BCUT2D eigenvalue weighted by molar-refractivity contribution is 7.37. The maximum absolute atomic E-state index is 12.7. The molecular formula is C23H22O2P+. The molecule has 130 valence electrons. The lowest BCUT2D eigenvalue weighted by atomic mass is 9.84. The van der Waals surface area contributed by atoms with Crippen molar-refractivity contribution in [3.05, 3.63) is 83.4 Å². The van der Waals surface area contributed by atoms with Gasteiger partial charge in [-0.05, 0) is 39.3 Å². The maximum Gasteiger partial charge on any atom is 0.597 e. The Morgan fingerprint density at radius 2 is 1.58 bits per heavy atom. The molecule has 3 heteroatoms. The molecule has 0 bridgehead atoms. The average molecular weight is 361 g/mol. The van der Waals surface area contributed by atoms with E-state index in [1.54, 1.807) is 0 Å². The Balaban J connectivity index is 2.07. The predicted octanol–water partition coefficient (Wildman–Crippen LogP) is 7.22. The third kappa shape index (κ3) is 3.06. The third-order valence-electron chi connectivity index (χ3n) is 4.83. The van der Waals surface area contributed by atoms with Crippen molar-refractivity contribution in [3.8, 4) is 0 Å². The highest BCUT2D eigenvalue weighted by Gasteiger charge is 2.22. The van der Waals surface area contributed by atoms with Crippen LogP contribution in [0, 0.1) is 0 Å². The van der Waals surface area contributed by atoms with Gasteiger partial charge in [-0.2, -0.15) is 0 Å². The van der Waals surface area contributed by atoms with Crippen molar-refractivity contribution in [2.24, 2.45) is 0 Å². The molecular weight excluding hydrogens is 339 g/mol. The molecule has 26 heavy (non-hydrogen) atoms. The van der Waals surface area contributed by atoms with Gasteiger partial charge in [0.05, 0.1) is 0 Å². The SMILES string of the molecule is CC(C)(C)c1cc(Cc2ccccc2)c2o[p+](=O)c3ccccc3c2c1. The normalized spacial score (nSPS) is 12.7. The summed E-state index contributed by atoms with van der Waals surface area (Å²) in [7, 11) is -1.87. The lowest BCUT2D eigenvalue weighted by Crippen LogP contribution is -2.11. The van der Waals surface area contributed by atoms with Gasteiger partial charge in [-0.3, -0.25) is 0 Å². The maximum atomic E-state index is 12.7. The van der Waals surface area contributed by atoms with Gasteiger partial charge in [0, 0.05) is 22.8 Å². The summed E-state index contributed by atoms with van der Waals surface area (Å²) in [5.74, 6) is 0. The molecule has 0 fully saturated rings. The Labute approximate surface area is 154 Å². The van der Waals surface area contributed by atoms with Crippen LogP contribution in [0.3, 0.4) is 0 Å². The van der Waals surface area contributed by atoms with E-state index in [1.165, 1.54) is 11.1 Å². The first-order chi connectivity index (χ1) is 12.4. The van der Waals surface area contributed by atoms with Crippen LogP contribution >= 0.6 is 7.65 Å². The van der Waals surface area contributed by atoms with E-state index in [2.05, 4.69) is 45.0 Å². The molecule has 1 unspecified atom stereocenters. The molecule has 0 radical (unpaired) electrons. The number of fused-ring (bicyclic) bond motifs is 3. The van der Waals surface area contributed by atoms with E-state index in [0.29, 0.717) is 0 Å². The molecule has 1 aromatic heterocycles. The smallest absolute Gasteiger partial charge is 0.249 e. The first-order valence-corrected chi connectivity index (χ1v) is 10.1. The number of rotatable bonds is 2. The van der Waals surface area contributed by atoms with Gasteiger partial charge in [0.2, 0.25) is 5.12 Å². The Hall–Kier alpha value is -2.44. The lowest BCUT2D eigenvalue weighted by molar-refractivity contribution is 0.562. The van der Waals surface area contributed by atoms with Gasteiger partial charge in [-0.15, -0.1) is 0 Å². The number of hydrogen-bond acceptors (Lipinski definition) is 2. The largest absolute Gasteiger partial charge is 0.597 e. The highest BCUT2D eigenvalue weighted by atomic mass is 31.1. The van der Waals surface area contributed by atoms with Crippen molar-refractivity contribution in [2.75, 3.05) is 0 Å². The monoisotopic (exact) mass is 361 g/mol. The second-order valence-electron chi connectivity index (χ2n) is 7.79. The van der Waals surface area contributed by atoms with Crippen LogP contribution in [-0.2, 0) is 16.4 Å². The van der Waals surface area contributed by atoms with Crippen molar-refractivity contribution in [1.82, 2.24) is 0 Å².